The van der Waals surface area contributed by atoms with Gasteiger partial charge in [0.05, 0.1) is 10.5 Å². The van der Waals surface area contributed by atoms with Crippen LogP contribution in [0.15, 0.2) is 54.2 Å². The molecule has 0 saturated heterocycles. The molecule has 0 aliphatic rings. The van der Waals surface area contributed by atoms with E-state index in [0.717, 1.165) is 16.5 Å². The average molecular weight is 355 g/mol. The van der Waals surface area contributed by atoms with Crippen LogP contribution in [0.1, 0.15) is 18.1 Å². The quantitative estimate of drug-likeness (QED) is 0.400. The molecule has 0 aliphatic carbocycles. The molecule has 0 fully saturated rings. The largest absolute Gasteiger partial charge is 0.361 e. The van der Waals surface area contributed by atoms with Gasteiger partial charge in [0.25, 0.3) is 5.69 Å². The van der Waals surface area contributed by atoms with E-state index < -0.39 is 4.92 Å². The number of halogens is 1. The first kappa shape index (κ1) is 16.9. The maximum Gasteiger partial charge on any atom is 0.276 e. The van der Waals surface area contributed by atoms with Crippen molar-refractivity contribution in [2.75, 3.05) is 0 Å². The number of ketones is 1. The highest BCUT2D eigenvalue weighted by molar-refractivity contribution is 6.30. The number of aromatic amines is 1. The van der Waals surface area contributed by atoms with Gasteiger partial charge in [0.1, 0.15) is 0 Å². The number of hydrogen-bond donors (Lipinski definition) is 1. The number of aromatic nitrogens is 1. The number of carbonyl (C=O) groups excluding carboxylic acids is 1. The fourth-order valence-corrected chi connectivity index (χ4v) is 2.94. The third-order valence-corrected chi connectivity index (χ3v) is 4.26. The fraction of sp³-hybridized carbons (Fsp3) is 0.105. The highest BCUT2D eigenvalue weighted by Crippen LogP contribution is 2.27. The number of para-hydroxylation sites is 1. The summed E-state index contributed by atoms with van der Waals surface area (Å²) in [6, 6.07) is 12.1. The molecule has 5 nitrogen and oxygen atoms in total. The first-order valence-electron chi connectivity index (χ1n) is 7.66. The number of carbonyl (C=O) groups is 1. The molecule has 0 radical (unpaired) electrons. The topological polar surface area (TPSA) is 76.0 Å². The summed E-state index contributed by atoms with van der Waals surface area (Å²) in [7, 11) is 0. The molecule has 1 aromatic heterocycles. The molecule has 2 aromatic carbocycles. The highest BCUT2D eigenvalue weighted by Gasteiger charge is 2.15. The monoisotopic (exact) mass is 354 g/mol. The minimum atomic E-state index is -0.481. The lowest BCUT2D eigenvalue weighted by Gasteiger charge is -2.05. The molecule has 1 N–H and O–H groups in total. The maximum atomic E-state index is 12.1. The van der Waals surface area contributed by atoms with E-state index in [9.17, 15) is 14.9 Å². The summed E-state index contributed by atoms with van der Waals surface area (Å²) in [6.07, 6.45) is 3.78. The predicted molar refractivity (Wildman–Crippen MR) is 98.8 cm³/mol. The molecule has 0 aliphatic heterocycles. The van der Waals surface area contributed by atoms with Crippen LogP contribution < -0.4 is 0 Å². The van der Waals surface area contributed by atoms with Crippen LogP contribution in [0, 0.1) is 10.1 Å². The van der Waals surface area contributed by atoms with E-state index in [1.807, 2.05) is 30.5 Å². The van der Waals surface area contributed by atoms with Crippen molar-refractivity contribution in [2.45, 2.75) is 13.3 Å². The van der Waals surface area contributed by atoms with E-state index in [2.05, 4.69) is 4.98 Å². The molecule has 3 rings (SSSR count). The van der Waals surface area contributed by atoms with Crippen LogP contribution in [0.3, 0.4) is 0 Å². The summed E-state index contributed by atoms with van der Waals surface area (Å²) in [6.45, 7) is 1.46. The van der Waals surface area contributed by atoms with Crippen molar-refractivity contribution in [3.8, 4) is 0 Å². The summed E-state index contributed by atoms with van der Waals surface area (Å²) in [5.74, 6) is -0.139. The molecular formula is C19H15ClN2O3. The lowest BCUT2D eigenvalue weighted by Crippen LogP contribution is -2.01. The molecule has 25 heavy (non-hydrogen) atoms. The first-order valence-corrected chi connectivity index (χ1v) is 8.04. The summed E-state index contributed by atoms with van der Waals surface area (Å²) in [5, 5.41) is 12.6. The van der Waals surface area contributed by atoms with Gasteiger partial charge in [-0.05, 0) is 36.8 Å². The Morgan fingerprint density at radius 2 is 2.04 bits per heavy atom. The third kappa shape index (κ3) is 3.61. The second kappa shape index (κ2) is 6.91. The smallest absolute Gasteiger partial charge is 0.276 e. The van der Waals surface area contributed by atoms with Crippen LogP contribution in [-0.4, -0.2) is 15.7 Å². The molecule has 6 heteroatoms. The van der Waals surface area contributed by atoms with Crippen molar-refractivity contribution >= 4 is 40.1 Å². The van der Waals surface area contributed by atoms with Gasteiger partial charge in [-0.2, -0.15) is 0 Å². The van der Waals surface area contributed by atoms with Crippen LogP contribution in [0.5, 0.6) is 0 Å². The summed E-state index contributed by atoms with van der Waals surface area (Å²) in [5.41, 5.74) is 2.66. The zero-order valence-electron chi connectivity index (χ0n) is 13.5. The molecule has 3 aromatic rings. The van der Waals surface area contributed by atoms with Crippen molar-refractivity contribution in [2.24, 2.45) is 0 Å². The Kier molecular flexibility index (Phi) is 4.67. The second-order valence-electron chi connectivity index (χ2n) is 5.72. The van der Waals surface area contributed by atoms with Crippen LogP contribution in [0.4, 0.5) is 5.69 Å². The SMILES string of the molecule is CC(=O)/C(=C/c1cc(Cl)ccc1[N+](=O)[O-])Cc1c[nH]c2ccccc12. The fourth-order valence-electron chi connectivity index (χ4n) is 2.76. The third-order valence-electron chi connectivity index (χ3n) is 4.02. The number of nitrogens with one attached hydrogen (secondary N) is 1. The Labute approximate surface area is 149 Å². The lowest BCUT2D eigenvalue weighted by atomic mass is 9.99. The Morgan fingerprint density at radius 3 is 2.76 bits per heavy atom. The number of nitro benzene ring substituents is 1. The van der Waals surface area contributed by atoms with Gasteiger partial charge in [-0.15, -0.1) is 0 Å². The molecule has 126 valence electrons. The minimum absolute atomic E-state index is 0.0814. The Bertz CT molecular complexity index is 1000. The number of H-pyrrole nitrogens is 1. The summed E-state index contributed by atoms with van der Waals surface area (Å²) < 4.78 is 0. The molecule has 0 amide bonds. The summed E-state index contributed by atoms with van der Waals surface area (Å²) >= 11 is 5.96. The number of benzene rings is 2. The van der Waals surface area contributed by atoms with Gasteiger partial charge in [0.15, 0.2) is 5.78 Å². The van der Waals surface area contributed by atoms with E-state index in [0.29, 0.717) is 22.6 Å². The second-order valence-corrected chi connectivity index (χ2v) is 6.16. The van der Waals surface area contributed by atoms with Gasteiger partial charge >= 0.3 is 0 Å². The number of hydrogen-bond acceptors (Lipinski definition) is 3. The van der Waals surface area contributed by atoms with Gasteiger partial charge in [-0.1, -0.05) is 29.8 Å². The van der Waals surface area contributed by atoms with E-state index in [4.69, 9.17) is 11.6 Å². The van der Waals surface area contributed by atoms with Crippen molar-refractivity contribution in [3.05, 3.63) is 80.5 Å². The van der Waals surface area contributed by atoms with E-state index in [-0.39, 0.29) is 11.5 Å². The van der Waals surface area contributed by atoms with Crippen LogP contribution in [-0.2, 0) is 11.2 Å². The Morgan fingerprint density at radius 1 is 1.28 bits per heavy atom. The average Bonchev–Trinajstić information content (AvgIpc) is 2.97. The van der Waals surface area contributed by atoms with Crippen LogP contribution in [0.25, 0.3) is 17.0 Å². The predicted octanol–water partition coefficient (Wildman–Crippen LogP) is 4.94. The van der Waals surface area contributed by atoms with Crippen LogP contribution in [0.2, 0.25) is 5.02 Å². The molecule has 1 heterocycles. The zero-order valence-corrected chi connectivity index (χ0v) is 14.2. The Balaban J connectivity index is 2.05. The van der Waals surface area contributed by atoms with Gasteiger partial charge in [0, 0.05) is 40.2 Å². The summed E-state index contributed by atoms with van der Waals surface area (Å²) in [4.78, 5) is 26.0. The number of Topliss-reactive ketones (excluding diaryl/α,β-unsaturated/α-hetero) is 1. The van der Waals surface area contributed by atoms with Gasteiger partial charge in [-0.3, -0.25) is 14.9 Å². The zero-order chi connectivity index (χ0) is 18.0. The van der Waals surface area contributed by atoms with E-state index >= 15 is 0 Å². The maximum absolute atomic E-state index is 12.1. The minimum Gasteiger partial charge on any atom is -0.361 e. The number of allylic oxidation sites excluding steroid dienone is 1. The van der Waals surface area contributed by atoms with Gasteiger partial charge in [0.2, 0.25) is 0 Å². The highest BCUT2D eigenvalue weighted by atomic mass is 35.5. The molecule has 0 spiro atoms. The number of fused-ring (bicyclic) bond motifs is 1. The van der Waals surface area contributed by atoms with Crippen LogP contribution >= 0.6 is 11.6 Å². The normalized spacial score (nSPS) is 11.7. The van der Waals surface area contributed by atoms with E-state index in [1.54, 1.807) is 6.08 Å². The standard InChI is InChI=1S/C19H15ClN2O3/c1-12(23)13(8-14-10-16(20)6-7-19(14)22(24)25)9-15-11-21-18-5-3-2-4-17(15)18/h2-8,10-11,21H,9H2,1H3/b13-8+. The van der Waals surface area contributed by atoms with Crippen molar-refractivity contribution in [3.63, 3.8) is 0 Å². The number of nitrogens with zero attached hydrogens (tertiary/aromatic N) is 1. The molecule has 0 saturated carbocycles. The lowest BCUT2D eigenvalue weighted by molar-refractivity contribution is -0.385. The number of rotatable bonds is 5. The number of nitro groups is 1. The first-order chi connectivity index (χ1) is 12.0. The molecule has 0 unspecified atom stereocenters. The van der Waals surface area contributed by atoms with Crippen molar-refractivity contribution < 1.29 is 9.72 Å². The van der Waals surface area contributed by atoms with E-state index in [1.165, 1.54) is 25.1 Å². The van der Waals surface area contributed by atoms with Gasteiger partial charge < -0.3 is 4.98 Å². The van der Waals surface area contributed by atoms with Gasteiger partial charge in [-0.25, -0.2) is 0 Å². The van der Waals surface area contributed by atoms with Crippen molar-refractivity contribution in [1.82, 2.24) is 4.98 Å². The molecular weight excluding hydrogens is 340 g/mol. The Hall–Kier alpha value is -2.92. The molecule has 0 atom stereocenters. The molecule has 0 bridgehead atoms. The van der Waals surface area contributed by atoms with Crippen molar-refractivity contribution in [1.29, 1.82) is 0 Å².